The van der Waals surface area contributed by atoms with E-state index >= 15 is 0 Å². The van der Waals surface area contributed by atoms with Crippen LogP contribution in [0.5, 0.6) is 0 Å². The predicted molar refractivity (Wildman–Crippen MR) is 59.2 cm³/mol. The van der Waals surface area contributed by atoms with Crippen molar-refractivity contribution >= 4 is 0 Å². The van der Waals surface area contributed by atoms with Gasteiger partial charge in [-0.3, -0.25) is 0 Å². The highest BCUT2D eigenvalue weighted by Gasteiger charge is 2.18. The molecule has 2 atom stereocenters. The van der Waals surface area contributed by atoms with Gasteiger partial charge in [0.2, 0.25) is 0 Å². The first-order valence-corrected chi connectivity index (χ1v) is 5.22. The molecule has 1 aromatic carbocycles. The topological polar surface area (TPSA) is 46.2 Å². The maximum atomic E-state index is 9.88. The molecule has 0 aliphatic carbocycles. The molecule has 0 aliphatic heterocycles. The average molecular weight is 193 g/mol. The highest BCUT2D eigenvalue weighted by atomic mass is 16.3. The number of aliphatic hydroxyl groups excluding tert-OH is 1. The minimum absolute atomic E-state index is 0.0798. The molecule has 0 spiro atoms. The summed E-state index contributed by atoms with van der Waals surface area (Å²) in [5.41, 5.74) is 6.81. The van der Waals surface area contributed by atoms with Gasteiger partial charge in [-0.2, -0.15) is 0 Å². The SMILES string of the molecule is CCCC(O)C(CN)c1ccccc1. The minimum Gasteiger partial charge on any atom is -0.392 e. The first kappa shape index (κ1) is 11.2. The third-order valence-corrected chi connectivity index (χ3v) is 2.53. The van der Waals surface area contributed by atoms with Crippen LogP contribution in [0.25, 0.3) is 0 Å². The Bertz CT molecular complexity index is 248. The summed E-state index contributed by atoms with van der Waals surface area (Å²) < 4.78 is 0. The first-order valence-electron chi connectivity index (χ1n) is 5.22. The summed E-state index contributed by atoms with van der Waals surface area (Å²) in [4.78, 5) is 0. The zero-order valence-corrected chi connectivity index (χ0v) is 8.69. The van der Waals surface area contributed by atoms with Crippen LogP contribution in [0.2, 0.25) is 0 Å². The van der Waals surface area contributed by atoms with E-state index in [1.165, 1.54) is 0 Å². The van der Waals surface area contributed by atoms with Gasteiger partial charge >= 0.3 is 0 Å². The maximum absolute atomic E-state index is 9.88. The molecule has 0 fully saturated rings. The molecular weight excluding hydrogens is 174 g/mol. The Labute approximate surface area is 85.8 Å². The zero-order chi connectivity index (χ0) is 10.4. The molecule has 0 aliphatic rings. The molecule has 14 heavy (non-hydrogen) atoms. The van der Waals surface area contributed by atoms with E-state index in [0.717, 1.165) is 18.4 Å². The molecule has 78 valence electrons. The second-order valence-corrected chi connectivity index (χ2v) is 3.61. The lowest BCUT2D eigenvalue weighted by Crippen LogP contribution is -2.25. The van der Waals surface area contributed by atoms with E-state index in [0.29, 0.717) is 6.54 Å². The van der Waals surface area contributed by atoms with Crippen molar-refractivity contribution < 1.29 is 5.11 Å². The molecule has 1 aromatic rings. The molecule has 0 saturated carbocycles. The van der Waals surface area contributed by atoms with Crippen molar-refractivity contribution in [3.8, 4) is 0 Å². The first-order chi connectivity index (χ1) is 6.79. The van der Waals surface area contributed by atoms with Gasteiger partial charge in [0.15, 0.2) is 0 Å². The molecule has 2 unspecified atom stereocenters. The van der Waals surface area contributed by atoms with Gasteiger partial charge in [-0.15, -0.1) is 0 Å². The van der Waals surface area contributed by atoms with Crippen LogP contribution in [0.4, 0.5) is 0 Å². The standard InChI is InChI=1S/C12H19NO/c1-2-6-12(14)11(9-13)10-7-4-3-5-8-10/h3-5,7-8,11-12,14H,2,6,9,13H2,1H3. The lowest BCUT2D eigenvalue weighted by molar-refractivity contribution is 0.135. The Kier molecular flexibility index (Phi) is 4.63. The van der Waals surface area contributed by atoms with Gasteiger partial charge < -0.3 is 10.8 Å². The quantitative estimate of drug-likeness (QED) is 0.750. The van der Waals surface area contributed by atoms with Crippen molar-refractivity contribution in [3.05, 3.63) is 35.9 Å². The Morgan fingerprint density at radius 1 is 1.29 bits per heavy atom. The van der Waals surface area contributed by atoms with Gasteiger partial charge in [0.1, 0.15) is 0 Å². The fourth-order valence-corrected chi connectivity index (χ4v) is 1.71. The molecule has 3 N–H and O–H groups in total. The summed E-state index contributed by atoms with van der Waals surface area (Å²) in [6, 6.07) is 9.99. The average Bonchev–Trinajstić information content (AvgIpc) is 2.21. The highest BCUT2D eigenvalue weighted by molar-refractivity contribution is 5.21. The third kappa shape index (κ3) is 2.82. The fourth-order valence-electron chi connectivity index (χ4n) is 1.71. The van der Waals surface area contributed by atoms with Crippen LogP contribution in [0.3, 0.4) is 0 Å². The van der Waals surface area contributed by atoms with Crippen LogP contribution in [-0.4, -0.2) is 17.8 Å². The van der Waals surface area contributed by atoms with Gasteiger partial charge in [-0.1, -0.05) is 43.7 Å². The summed E-state index contributed by atoms with van der Waals surface area (Å²) in [5, 5.41) is 9.88. The molecular formula is C12H19NO. The number of hydrogen-bond donors (Lipinski definition) is 2. The normalized spacial score (nSPS) is 15.1. The number of benzene rings is 1. The van der Waals surface area contributed by atoms with Gasteiger partial charge in [0, 0.05) is 12.5 Å². The Hall–Kier alpha value is -0.860. The Balaban J connectivity index is 2.71. The highest BCUT2D eigenvalue weighted by Crippen LogP contribution is 2.21. The number of aliphatic hydroxyl groups is 1. The molecule has 0 amide bonds. The van der Waals surface area contributed by atoms with Crippen molar-refractivity contribution in [1.82, 2.24) is 0 Å². The molecule has 1 rings (SSSR count). The molecule has 0 radical (unpaired) electrons. The smallest absolute Gasteiger partial charge is 0.0620 e. The summed E-state index contributed by atoms with van der Waals surface area (Å²) in [6.07, 6.45) is 1.49. The molecule has 0 aromatic heterocycles. The van der Waals surface area contributed by atoms with Gasteiger partial charge in [-0.25, -0.2) is 0 Å². The van der Waals surface area contributed by atoms with E-state index in [4.69, 9.17) is 5.73 Å². The van der Waals surface area contributed by atoms with Crippen LogP contribution in [0, 0.1) is 0 Å². The lowest BCUT2D eigenvalue weighted by atomic mass is 9.91. The zero-order valence-electron chi connectivity index (χ0n) is 8.69. The number of hydrogen-bond acceptors (Lipinski definition) is 2. The second kappa shape index (κ2) is 5.78. The summed E-state index contributed by atoms with van der Waals surface area (Å²) in [5.74, 6) is 0.0798. The van der Waals surface area contributed by atoms with Gasteiger partial charge in [-0.05, 0) is 12.0 Å². The second-order valence-electron chi connectivity index (χ2n) is 3.61. The molecule has 0 saturated heterocycles. The van der Waals surface area contributed by atoms with Crippen molar-refractivity contribution in [1.29, 1.82) is 0 Å². The molecule has 0 heterocycles. The molecule has 2 heteroatoms. The minimum atomic E-state index is -0.313. The molecule has 0 bridgehead atoms. The lowest BCUT2D eigenvalue weighted by Gasteiger charge is -2.21. The molecule has 2 nitrogen and oxygen atoms in total. The Morgan fingerprint density at radius 3 is 2.43 bits per heavy atom. The van der Waals surface area contributed by atoms with Crippen molar-refractivity contribution in [2.24, 2.45) is 5.73 Å². The summed E-state index contributed by atoms with van der Waals surface area (Å²) in [6.45, 7) is 2.58. The van der Waals surface area contributed by atoms with Crippen LogP contribution >= 0.6 is 0 Å². The summed E-state index contributed by atoms with van der Waals surface area (Å²) in [7, 11) is 0. The van der Waals surface area contributed by atoms with Gasteiger partial charge in [0.05, 0.1) is 6.10 Å². The van der Waals surface area contributed by atoms with Crippen LogP contribution in [-0.2, 0) is 0 Å². The van der Waals surface area contributed by atoms with Crippen LogP contribution in [0.1, 0.15) is 31.2 Å². The monoisotopic (exact) mass is 193 g/mol. The number of rotatable bonds is 5. The Morgan fingerprint density at radius 2 is 1.93 bits per heavy atom. The van der Waals surface area contributed by atoms with E-state index in [1.807, 2.05) is 30.3 Å². The van der Waals surface area contributed by atoms with E-state index in [9.17, 15) is 5.11 Å². The van der Waals surface area contributed by atoms with Crippen LogP contribution < -0.4 is 5.73 Å². The predicted octanol–water partition coefficient (Wildman–Crippen LogP) is 1.89. The van der Waals surface area contributed by atoms with Gasteiger partial charge in [0.25, 0.3) is 0 Å². The van der Waals surface area contributed by atoms with E-state index in [-0.39, 0.29) is 12.0 Å². The third-order valence-electron chi connectivity index (χ3n) is 2.53. The van der Waals surface area contributed by atoms with E-state index in [1.54, 1.807) is 0 Å². The largest absolute Gasteiger partial charge is 0.392 e. The summed E-state index contributed by atoms with van der Waals surface area (Å²) >= 11 is 0. The van der Waals surface area contributed by atoms with E-state index < -0.39 is 0 Å². The van der Waals surface area contributed by atoms with Crippen LogP contribution in [0.15, 0.2) is 30.3 Å². The van der Waals surface area contributed by atoms with Crippen molar-refractivity contribution in [2.75, 3.05) is 6.54 Å². The number of nitrogens with two attached hydrogens (primary N) is 1. The van der Waals surface area contributed by atoms with E-state index in [2.05, 4.69) is 6.92 Å². The maximum Gasteiger partial charge on any atom is 0.0620 e. The van der Waals surface area contributed by atoms with Crippen molar-refractivity contribution in [3.63, 3.8) is 0 Å². The van der Waals surface area contributed by atoms with Crippen molar-refractivity contribution in [2.45, 2.75) is 31.8 Å². The fraction of sp³-hybridized carbons (Fsp3) is 0.500.